The van der Waals surface area contributed by atoms with Gasteiger partial charge in [-0.25, -0.2) is 4.98 Å². The standard InChI is InChI=1S/C5H6N2O2S/c6-3(5(8)9)4-7-1-2-10-4/h1-3H,6H2,(H,8,9)/t3-/m0/s1. The predicted octanol–water partition coefficient (Wildman–Crippen LogP) is 0.228. The van der Waals surface area contributed by atoms with Gasteiger partial charge < -0.3 is 10.8 Å². The van der Waals surface area contributed by atoms with Gasteiger partial charge in [0.15, 0.2) is 6.04 Å². The Hall–Kier alpha value is -0.940. The Bertz CT molecular complexity index is 222. The molecule has 0 saturated heterocycles. The number of aliphatic carboxylic acids is 1. The quantitative estimate of drug-likeness (QED) is 0.645. The molecule has 1 heterocycles. The Morgan fingerprint density at radius 3 is 3.00 bits per heavy atom. The number of carbonyl (C=O) groups is 1. The Labute approximate surface area is 61.3 Å². The predicted molar refractivity (Wildman–Crippen MR) is 36.7 cm³/mol. The van der Waals surface area contributed by atoms with E-state index in [1.54, 1.807) is 5.38 Å². The lowest BCUT2D eigenvalue weighted by Crippen LogP contribution is -2.20. The summed E-state index contributed by atoms with van der Waals surface area (Å²) >= 11 is 1.24. The summed E-state index contributed by atoms with van der Waals surface area (Å²) in [6.07, 6.45) is 1.53. The molecular weight excluding hydrogens is 152 g/mol. The number of hydrogen-bond donors (Lipinski definition) is 2. The minimum absolute atomic E-state index is 0.438. The summed E-state index contributed by atoms with van der Waals surface area (Å²) in [5.74, 6) is -1.05. The molecule has 0 fully saturated rings. The fraction of sp³-hybridized carbons (Fsp3) is 0.200. The van der Waals surface area contributed by atoms with Crippen molar-refractivity contribution in [1.82, 2.24) is 4.98 Å². The Kier molecular flexibility index (Phi) is 1.98. The largest absolute Gasteiger partial charge is 0.480 e. The summed E-state index contributed by atoms with van der Waals surface area (Å²) in [6, 6.07) is -0.972. The summed E-state index contributed by atoms with van der Waals surface area (Å²) in [6.45, 7) is 0. The average Bonchev–Trinajstić information content (AvgIpc) is 2.36. The highest BCUT2D eigenvalue weighted by atomic mass is 32.1. The average molecular weight is 158 g/mol. The van der Waals surface area contributed by atoms with Crippen molar-refractivity contribution in [1.29, 1.82) is 0 Å². The number of hydrogen-bond acceptors (Lipinski definition) is 4. The highest BCUT2D eigenvalue weighted by molar-refractivity contribution is 7.09. The first kappa shape index (κ1) is 7.17. The highest BCUT2D eigenvalue weighted by Gasteiger charge is 2.15. The number of thiazole rings is 1. The first-order chi connectivity index (χ1) is 4.72. The summed E-state index contributed by atoms with van der Waals surface area (Å²) in [7, 11) is 0. The van der Waals surface area contributed by atoms with E-state index >= 15 is 0 Å². The van der Waals surface area contributed by atoms with Crippen molar-refractivity contribution in [2.75, 3.05) is 0 Å². The van der Waals surface area contributed by atoms with Crippen LogP contribution in [0.4, 0.5) is 0 Å². The second kappa shape index (κ2) is 2.76. The molecule has 1 aromatic heterocycles. The van der Waals surface area contributed by atoms with Crippen molar-refractivity contribution in [3.63, 3.8) is 0 Å². The van der Waals surface area contributed by atoms with E-state index in [0.29, 0.717) is 5.01 Å². The zero-order chi connectivity index (χ0) is 7.56. The molecule has 54 valence electrons. The van der Waals surface area contributed by atoms with E-state index in [0.717, 1.165) is 0 Å². The van der Waals surface area contributed by atoms with Crippen LogP contribution in [-0.2, 0) is 4.79 Å². The molecular formula is C5H6N2O2S. The van der Waals surface area contributed by atoms with Gasteiger partial charge in [0.1, 0.15) is 5.01 Å². The number of carboxylic acid groups (broad SMARTS) is 1. The fourth-order valence-electron chi connectivity index (χ4n) is 0.494. The third-order valence-electron chi connectivity index (χ3n) is 0.984. The fourth-order valence-corrected chi connectivity index (χ4v) is 1.12. The van der Waals surface area contributed by atoms with Crippen molar-refractivity contribution < 1.29 is 9.90 Å². The number of nitrogens with zero attached hydrogens (tertiary/aromatic N) is 1. The van der Waals surface area contributed by atoms with Crippen molar-refractivity contribution in [3.05, 3.63) is 16.6 Å². The maximum Gasteiger partial charge on any atom is 0.327 e. The Balaban J connectivity index is 2.77. The molecule has 1 atom stereocenters. The maximum atomic E-state index is 10.2. The molecule has 3 N–H and O–H groups in total. The number of carboxylic acids is 1. The lowest BCUT2D eigenvalue weighted by Gasteiger charge is -1.98. The zero-order valence-corrected chi connectivity index (χ0v) is 5.84. The second-order valence-electron chi connectivity index (χ2n) is 1.69. The first-order valence-electron chi connectivity index (χ1n) is 2.59. The summed E-state index contributed by atoms with van der Waals surface area (Å²) in [4.78, 5) is 14.0. The Morgan fingerprint density at radius 1 is 1.90 bits per heavy atom. The summed E-state index contributed by atoms with van der Waals surface area (Å²) in [5.41, 5.74) is 5.23. The van der Waals surface area contributed by atoms with Crippen LogP contribution >= 0.6 is 11.3 Å². The van der Waals surface area contributed by atoms with Gasteiger partial charge in [-0.3, -0.25) is 4.79 Å². The van der Waals surface area contributed by atoms with Gasteiger partial charge in [0.25, 0.3) is 0 Å². The molecule has 0 aliphatic heterocycles. The van der Waals surface area contributed by atoms with E-state index in [9.17, 15) is 4.79 Å². The maximum absolute atomic E-state index is 10.2. The van der Waals surface area contributed by atoms with E-state index < -0.39 is 12.0 Å². The molecule has 0 spiro atoms. The van der Waals surface area contributed by atoms with Crippen LogP contribution in [0.15, 0.2) is 11.6 Å². The third-order valence-corrected chi connectivity index (χ3v) is 1.84. The topological polar surface area (TPSA) is 76.2 Å². The molecule has 4 nitrogen and oxygen atoms in total. The number of nitrogens with two attached hydrogens (primary N) is 1. The minimum atomic E-state index is -1.05. The van der Waals surface area contributed by atoms with Crippen molar-refractivity contribution in [2.24, 2.45) is 5.73 Å². The van der Waals surface area contributed by atoms with Gasteiger partial charge in [-0.1, -0.05) is 0 Å². The van der Waals surface area contributed by atoms with Gasteiger partial charge in [-0.15, -0.1) is 11.3 Å². The molecule has 0 saturated carbocycles. The second-order valence-corrected chi connectivity index (χ2v) is 2.61. The Morgan fingerprint density at radius 2 is 2.60 bits per heavy atom. The smallest absolute Gasteiger partial charge is 0.327 e. The van der Waals surface area contributed by atoms with Crippen LogP contribution < -0.4 is 5.73 Å². The molecule has 0 unspecified atom stereocenters. The van der Waals surface area contributed by atoms with Crippen LogP contribution in [0.5, 0.6) is 0 Å². The number of aromatic nitrogens is 1. The molecule has 10 heavy (non-hydrogen) atoms. The third kappa shape index (κ3) is 1.31. The normalized spacial score (nSPS) is 12.9. The highest BCUT2D eigenvalue weighted by Crippen LogP contribution is 2.12. The van der Waals surface area contributed by atoms with E-state index in [4.69, 9.17) is 10.8 Å². The lowest BCUT2D eigenvalue weighted by molar-refractivity contribution is -0.138. The lowest BCUT2D eigenvalue weighted by atomic mass is 10.3. The van der Waals surface area contributed by atoms with Gasteiger partial charge in [-0.05, 0) is 0 Å². The summed E-state index contributed by atoms with van der Waals surface area (Å²) < 4.78 is 0. The van der Waals surface area contributed by atoms with Crippen LogP contribution in [0, 0.1) is 0 Å². The molecule has 1 rings (SSSR count). The molecule has 5 heteroatoms. The van der Waals surface area contributed by atoms with E-state index in [1.807, 2.05) is 0 Å². The van der Waals surface area contributed by atoms with Gasteiger partial charge >= 0.3 is 5.97 Å². The van der Waals surface area contributed by atoms with Crippen molar-refractivity contribution >= 4 is 17.3 Å². The zero-order valence-electron chi connectivity index (χ0n) is 5.02. The van der Waals surface area contributed by atoms with E-state index in [-0.39, 0.29) is 0 Å². The number of rotatable bonds is 2. The molecule has 0 aromatic carbocycles. The molecule has 1 aromatic rings. The van der Waals surface area contributed by atoms with E-state index in [1.165, 1.54) is 17.5 Å². The molecule has 0 aliphatic carbocycles. The van der Waals surface area contributed by atoms with Crippen LogP contribution in [0.1, 0.15) is 11.0 Å². The van der Waals surface area contributed by atoms with Crippen LogP contribution in [0.3, 0.4) is 0 Å². The first-order valence-corrected chi connectivity index (χ1v) is 3.47. The van der Waals surface area contributed by atoms with Crippen LogP contribution in [-0.4, -0.2) is 16.1 Å². The van der Waals surface area contributed by atoms with Gasteiger partial charge in [0.05, 0.1) is 0 Å². The van der Waals surface area contributed by atoms with Gasteiger partial charge in [0.2, 0.25) is 0 Å². The van der Waals surface area contributed by atoms with Crippen molar-refractivity contribution in [3.8, 4) is 0 Å². The van der Waals surface area contributed by atoms with Gasteiger partial charge in [0, 0.05) is 11.6 Å². The van der Waals surface area contributed by atoms with Gasteiger partial charge in [-0.2, -0.15) is 0 Å². The minimum Gasteiger partial charge on any atom is -0.480 e. The monoisotopic (exact) mass is 158 g/mol. The molecule has 0 amide bonds. The SMILES string of the molecule is N[C@H](C(=O)O)c1nccs1. The molecule has 0 bridgehead atoms. The van der Waals surface area contributed by atoms with E-state index in [2.05, 4.69) is 4.98 Å². The van der Waals surface area contributed by atoms with Crippen LogP contribution in [0.25, 0.3) is 0 Å². The molecule has 0 aliphatic rings. The summed E-state index contributed by atoms with van der Waals surface area (Å²) in [5, 5.41) is 10.5. The van der Waals surface area contributed by atoms with Crippen LogP contribution in [0.2, 0.25) is 0 Å². The van der Waals surface area contributed by atoms with Crippen molar-refractivity contribution in [2.45, 2.75) is 6.04 Å². The molecule has 0 radical (unpaired) electrons.